The van der Waals surface area contributed by atoms with Gasteiger partial charge in [-0.1, -0.05) is 158 Å². The molecule has 406 valence electrons. The number of aliphatic hydroxyl groups is 6. The number of esters is 2. The number of rotatable bonds is 31. The lowest BCUT2D eigenvalue weighted by Gasteiger charge is -2.38. The number of ether oxygens (including phenoxy) is 4. The first-order valence-corrected chi connectivity index (χ1v) is 27.9. The minimum atomic E-state index is -1.29. The smallest absolute Gasteiger partial charge is 0.331 e. The summed E-state index contributed by atoms with van der Waals surface area (Å²) in [5, 5.41) is 68.5. The van der Waals surface area contributed by atoms with Crippen LogP contribution in [0.25, 0.3) is 0 Å². The number of allylic oxidation sites excluding steroid dienone is 2. The van der Waals surface area contributed by atoms with Crippen molar-refractivity contribution < 1.29 is 59.2 Å². The third-order valence-corrected chi connectivity index (χ3v) is 15.6. The normalized spacial score (nSPS) is 27.0. The summed E-state index contributed by atoms with van der Waals surface area (Å²) in [4.78, 5) is 27.8. The van der Waals surface area contributed by atoms with Crippen molar-refractivity contribution in [3.63, 3.8) is 0 Å². The Bertz CT molecular complexity index is 1630. The Labute approximate surface area is 432 Å². The summed E-state index contributed by atoms with van der Waals surface area (Å²) >= 11 is 3.29. The molecule has 2 aliphatic rings. The maximum atomic E-state index is 13.1. The zero-order valence-electron chi connectivity index (χ0n) is 45.1. The van der Waals surface area contributed by atoms with Crippen LogP contribution in [0.1, 0.15) is 210 Å². The monoisotopic (exact) mass is 1050 g/mol. The van der Waals surface area contributed by atoms with Crippen LogP contribution in [0, 0.1) is 23.2 Å². The highest BCUT2D eigenvalue weighted by Crippen LogP contribution is 2.41. The molecule has 70 heavy (non-hydrogen) atoms. The van der Waals surface area contributed by atoms with Gasteiger partial charge in [-0.25, -0.2) is 4.79 Å². The SMILES string of the molecule is C=C(CC(CC(O)C(C)C(O)CC(O)C(C)(C)C(O)C/C(C)=C/C(O)[C@@]1(C)O[C@H]2CC(C)CC(O)CC(C)C/C(C)=C/C(=O)O[C@@H]1C2)OC(=O)CCCCCCCCCCCCCCC)/C(=C\Br)OC. The van der Waals surface area contributed by atoms with Crippen LogP contribution in [0.2, 0.25) is 0 Å². The second kappa shape index (κ2) is 33.0. The molecule has 1 fully saturated rings. The fraction of sp³-hybridized carbons (Fsp3) is 0.825. The minimum absolute atomic E-state index is 0.0243. The van der Waals surface area contributed by atoms with Crippen molar-refractivity contribution >= 4 is 27.9 Å². The predicted octanol–water partition coefficient (Wildman–Crippen LogP) is 11.4. The first-order valence-electron chi connectivity index (χ1n) is 27.0. The first kappa shape index (κ1) is 64.0. The van der Waals surface area contributed by atoms with Gasteiger partial charge < -0.3 is 49.6 Å². The number of halogens is 1. The van der Waals surface area contributed by atoms with Gasteiger partial charge in [0.05, 0.1) is 43.7 Å². The zero-order valence-corrected chi connectivity index (χ0v) is 46.7. The van der Waals surface area contributed by atoms with Gasteiger partial charge >= 0.3 is 11.9 Å². The highest BCUT2D eigenvalue weighted by Gasteiger charge is 2.52. The maximum Gasteiger partial charge on any atom is 0.331 e. The van der Waals surface area contributed by atoms with E-state index in [1.807, 2.05) is 6.92 Å². The second-order valence-corrected chi connectivity index (χ2v) is 22.9. The molecule has 0 aliphatic carbocycles. The molecular formula is C57H99BrO12. The van der Waals surface area contributed by atoms with Crippen LogP contribution in [-0.4, -0.2) is 110 Å². The summed E-state index contributed by atoms with van der Waals surface area (Å²) in [6.07, 6.45) is 14.0. The molecule has 13 atom stereocenters. The average Bonchev–Trinajstić information content (AvgIpc) is 3.58. The van der Waals surface area contributed by atoms with Gasteiger partial charge in [-0.2, -0.15) is 0 Å². The van der Waals surface area contributed by atoms with E-state index in [-0.39, 0.29) is 56.0 Å². The lowest BCUT2D eigenvalue weighted by Crippen LogP contribution is -2.48. The Balaban J connectivity index is 2.03. The molecule has 0 spiro atoms. The standard InChI is InChI=1S/C57H99BrO12/c1-12-13-14-15-16-17-18-19-20-21-22-23-24-25-54(65)68-45(33-42(6)49(37-58)67-11)34-47(60)43(7)48(61)36-51(63)56(8,9)50(62)30-41(5)31-52(64)57(10)53-35-46(70-57)29-40(4)28-44(59)27-38(2)26-39(3)32-55(66)69-53/h31-32,37-38,40,43-48,50-53,59-64H,6,12-30,33-36H2,1-5,7-11H3/b39-32+,41-31+,49-37+/t38?,40?,43?,44?,45?,46-,47?,48?,50?,51?,52?,53+,57+/m0/s1. The zero-order chi connectivity index (χ0) is 52.6. The Morgan fingerprint density at radius 2 is 1.44 bits per heavy atom. The van der Waals surface area contributed by atoms with Crippen molar-refractivity contribution in [1.82, 2.24) is 0 Å². The Morgan fingerprint density at radius 3 is 2.01 bits per heavy atom. The molecule has 0 aromatic heterocycles. The Kier molecular flexibility index (Phi) is 30.1. The van der Waals surface area contributed by atoms with Gasteiger partial charge in [0, 0.05) is 54.5 Å². The van der Waals surface area contributed by atoms with E-state index in [1.54, 1.807) is 45.7 Å². The fourth-order valence-electron chi connectivity index (χ4n) is 10.3. The summed E-state index contributed by atoms with van der Waals surface area (Å²) < 4.78 is 23.8. The van der Waals surface area contributed by atoms with Crippen molar-refractivity contribution in [2.75, 3.05) is 7.11 Å². The van der Waals surface area contributed by atoms with Crippen molar-refractivity contribution in [3.05, 3.63) is 46.2 Å². The van der Waals surface area contributed by atoms with Crippen molar-refractivity contribution in [3.8, 4) is 0 Å². The topological polar surface area (TPSA) is 192 Å². The molecule has 2 heterocycles. The molecule has 10 unspecified atom stereocenters. The number of aliphatic hydroxyl groups excluding tert-OH is 6. The van der Waals surface area contributed by atoms with E-state index in [4.69, 9.17) is 18.9 Å². The molecule has 0 radical (unpaired) electrons. The number of unbranched alkanes of at least 4 members (excludes halogenated alkanes) is 12. The van der Waals surface area contributed by atoms with Crippen LogP contribution in [0.15, 0.2) is 46.2 Å². The number of carbonyl (C=O) groups excluding carboxylic acids is 2. The predicted molar refractivity (Wildman–Crippen MR) is 283 cm³/mol. The third kappa shape index (κ3) is 23.0. The molecule has 0 aromatic rings. The Morgan fingerprint density at radius 1 is 0.886 bits per heavy atom. The van der Waals surface area contributed by atoms with Crippen LogP contribution >= 0.6 is 15.9 Å². The van der Waals surface area contributed by atoms with E-state index in [0.717, 1.165) is 31.3 Å². The molecule has 13 heteroatoms. The number of carbonyl (C=O) groups is 2. The van der Waals surface area contributed by atoms with Crippen molar-refractivity contribution in [2.24, 2.45) is 23.2 Å². The summed E-state index contributed by atoms with van der Waals surface area (Å²) in [6, 6.07) is 0. The van der Waals surface area contributed by atoms with Gasteiger partial charge in [0.1, 0.15) is 29.7 Å². The lowest BCUT2D eigenvalue weighted by atomic mass is 9.75. The van der Waals surface area contributed by atoms with Gasteiger partial charge in [-0.15, -0.1) is 0 Å². The van der Waals surface area contributed by atoms with Crippen LogP contribution < -0.4 is 0 Å². The quantitative estimate of drug-likeness (QED) is 0.0127. The van der Waals surface area contributed by atoms with E-state index in [1.165, 1.54) is 71.0 Å². The van der Waals surface area contributed by atoms with E-state index < -0.39 is 71.7 Å². The molecule has 0 saturated carbocycles. The van der Waals surface area contributed by atoms with Crippen LogP contribution in [0.4, 0.5) is 0 Å². The summed E-state index contributed by atoms with van der Waals surface area (Å²) in [5.74, 6) is -0.786. The molecule has 2 bridgehead atoms. The van der Waals surface area contributed by atoms with Crippen LogP contribution in [0.5, 0.6) is 0 Å². The first-order chi connectivity index (χ1) is 33.0. The van der Waals surface area contributed by atoms with Gasteiger partial charge in [0.2, 0.25) is 0 Å². The van der Waals surface area contributed by atoms with Crippen LogP contribution in [0.3, 0.4) is 0 Å². The highest BCUT2D eigenvalue weighted by molar-refractivity contribution is 9.11. The summed E-state index contributed by atoms with van der Waals surface area (Å²) in [7, 11) is 1.52. The van der Waals surface area contributed by atoms with Gasteiger partial charge in [-0.05, 0) is 76.7 Å². The largest absolute Gasteiger partial charge is 0.496 e. The van der Waals surface area contributed by atoms with E-state index in [0.29, 0.717) is 49.0 Å². The van der Waals surface area contributed by atoms with E-state index in [9.17, 15) is 40.2 Å². The van der Waals surface area contributed by atoms with Crippen molar-refractivity contribution in [2.45, 2.75) is 271 Å². The average molecular weight is 1060 g/mol. The third-order valence-electron chi connectivity index (χ3n) is 15.2. The maximum absolute atomic E-state index is 13.1. The molecule has 0 aromatic carbocycles. The molecule has 0 amide bonds. The van der Waals surface area contributed by atoms with E-state index in [2.05, 4.69) is 43.3 Å². The number of methoxy groups -OCH3 is 1. The van der Waals surface area contributed by atoms with Gasteiger partial charge in [-0.3, -0.25) is 4.79 Å². The van der Waals surface area contributed by atoms with Gasteiger partial charge in [0.15, 0.2) is 0 Å². The van der Waals surface area contributed by atoms with Gasteiger partial charge in [0.25, 0.3) is 0 Å². The second-order valence-electron chi connectivity index (χ2n) is 22.4. The molecule has 2 rings (SSSR count). The minimum Gasteiger partial charge on any atom is -0.496 e. The van der Waals surface area contributed by atoms with E-state index >= 15 is 0 Å². The Hall–Kier alpha value is -2.10. The summed E-state index contributed by atoms with van der Waals surface area (Å²) in [6.45, 7) is 21.0. The molecule has 6 N–H and O–H groups in total. The number of hydrogen-bond donors (Lipinski definition) is 6. The highest BCUT2D eigenvalue weighted by atomic mass is 79.9. The number of fused-ring (bicyclic) bond motifs is 2. The molecular weight excluding hydrogens is 957 g/mol. The fourth-order valence-corrected chi connectivity index (χ4v) is 10.8. The number of hydrogen-bond acceptors (Lipinski definition) is 12. The lowest BCUT2D eigenvalue weighted by molar-refractivity contribution is -0.164. The molecule has 12 nitrogen and oxygen atoms in total. The molecule has 1 saturated heterocycles. The molecule has 2 aliphatic heterocycles. The summed E-state index contributed by atoms with van der Waals surface area (Å²) in [5.41, 5.74) is -0.369. The van der Waals surface area contributed by atoms with Crippen LogP contribution in [-0.2, 0) is 28.5 Å². The van der Waals surface area contributed by atoms with Crippen molar-refractivity contribution in [1.29, 1.82) is 0 Å².